The lowest BCUT2D eigenvalue weighted by Gasteiger charge is -2.34. The molecule has 4 N–H and O–H groups in total. The minimum absolute atomic E-state index is 0.0409. The molecule has 0 radical (unpaired) electrons. The number of hydrazine groups is 1. The Kier molecular flexibility index (Phi) is 7.12. The molecule has 2 aromatic carbocycles. The summed E-state index contributed by atoms with van der Waals surface area (Å²) in [5, 5.41) is 3.31. The number of rotatable bonds is 6. The Labute approximate surface area is 182 Å². The summed E-state index contributed by atoms with van der Waals surface area (Å²) >= 11 is 12.8. The van der Waals surface area contributed by atoms with E-state index in [-0.39, 0.29) is 34.8 Å². The van der Waals surface area contributed by atoms with Crippen LogP contribution in [0, 0.1) is 17.6 Å². The minimum atomic E-state index is -0.632. The van der Waals surface area contributed by atoms with Crippen LogP contribution in [0.4, 0.5) is 20.2 Å². The molecule has 1 unspecified atom stereocenters. The molecular formula is C20H20Cl2F2N4O2. The maximum absolute atomic E-state index is 14.0. The molecule has 2 amide bonds. The quantitative estimate of drug-likeness (QED) is 0.351. The van der Waals surface area contributed by atoms with Crippen molar-refractivity contribution in [1.82, 2.24) is 5.43 Å². The van der Waals surface area contributed by atoms with E-state index in [9.17, 15) is 18.4 Å². The Morgan fingerprint density at radius 1 is 1.20 bits per heavy atom. The highest BCUT2D eigenvalue weighted by molar-refractivity contribution is 6.40. The van der Waals surface area contributed by atoms with Gasteiger partial charge in [-0.25, -0.2) is 14.6 Å². The monoisotopic (exact) mass is 456 g/mol. The molecule has 1 saturated heterocycles. The first kappa shape index (κ1) is 22.3. The van der Waals surface area contributed by atoms with Crippen molar-refractivity contribution >= 4 is 46.4 Å². The van der Waals surface area contributed by atoms with Gasteiger partial charge in [-0.1, -0.05) is 29.3 Å². The Bertz CT molecular complexity index is 951. The third-order valence-electron chi connectivity index (χ3n) is 4.93. The summed E-state index contributed by atoms with van der Waals surface area (Å²) in [5.74, 6) is 3.20. The van der Waals surface area contributed by atoms with Gasteiger partial charge < -0.3 is 10.2 Å². The second-order valence-corrected chi connectivity index (χ2v) is 7.87. The van der Waals surface area contributed by atoms with Crippen LogP contribution < -0.4 is 21.5 Å². The van der Waals surface area contributed by atoms with Crippen molar-refractivity contribution in [3.05, 3.63) is 57.6 Å². The third-order valence-corrected chi connectivity index (χ3v) is 5.51. The lowest BCUT2D eigenvalue weighted by molar-refractivity contribution is -0.120. The van der Waals surface area contributed by atoms with Crippen LogP contribution in [0.3, 0.4) is 0 Å². The van der Waals surface area contributed by atoms with Gasteiger partial charge >= 0.3 is 0 Å². The standard InChI is InChI=1S/C20H20Cl2F2N4O2/c21-15-7-14(26-9-18(29)27-25)8-16(22)20(15)28-10-11(1-4-19(28)30)5-12-2-3-13(23)6-17(12)24/h2-3,6-8,11,26H,1,4-5,9-10,25H2,(H,27,29). The van der Waals surface area contributed by atoms with E-state index in [0.29, 0.717) is 36.3 Å². The zero-order chi connectivity index (χ0) is 21.8. The third kappa shape index (κ3) is 5.19. The van der Waals surface area contributed by atoms with Crippen LogP contribution in [0.1, 0.15) is 18.4 Å². The summed E-state index contributed by atoms with van der Waals surface area (Å²) in [6.07, 6.45) is 1.20. The van der Waals surface area contributed by atoms with Gasteiger partial charge in [-0.2, -0.15) is 0 Å². The number of hydrogen-bond donors (Lipinski definition) is 3. The smallest absolute Gasteiger partial charge is 0.253 e. The summed E-state index contributed by atoms with van der Waals surface area (Å²) in [6, 6.07) is 6.61. The van der Waals surface area contributed by atoms with E-state index in [1.807, 2.05) is 5.43 Å². The summed E-state index contributed by atoms with van der Waals surface area (Å²) in [7, 11) is 0. The van der Waals surface area contributed by atoms with Gasteiger partial charge in [-0.15, -0.1) is 0 Å². The molecule has 0 saturated carbocycles. The SMILES string of the molecule is NNC(=O)CNc1cc(Cl)c(N2CC(Cc3ccc(F)cc3F)CCC2=O)c(Cl)c1. The summed E-state index contributed by atoms with van der Waals surface area (Å²) in [6.45, 7) is 0.230. The molecule has 0 aromatic heterocycles. The number of carbonyl (C=O) groups is 2. The van der Waals surface area contributed by atoms with E-state index >= 15 is 0 Å². The molecule has 3 rings (SSSR count). The predicted octanol–water partition coefficient (Wildman–Crippen LogP) is 3.66. The van der Waals surface area contributed by atoms with Crippen LogP contribution in [-0.4, -0.2) is 24.9 Å². The molecule has 10 heteroatoms. The fourth-order valence-electron chi connectivity index (χ4n) is 3.45. The van der Waals surface area contributed by atoms with Crippen LogP contribution in [0.2, 0.25) is 10.0 Å². The lowest BCUT2D eigenvalue weighted by atomic mass is 9.90. The van der Waals surface area contributed by atoms with E-state index in [1.165, 1.54) is 17.0 Å². The molecule has 1 heterocycles. The van der Waals surface area contributed by atoms with Crippen molar-refractivity contribution in [3.8, 4) is 0 Å². The maximum Gasteiger partial charge on any atom is 0.253 e. The zero-order valence-electron chi connectivity index (χ0n) is 15.9. The summed E-state index contributed by atoms with van der Waals surface area (Å²) in [4.78, 5) is 25.3. The van der Waals surface area contributed by atoms with Crippen LogP contribution >= 0.6 is 23.2 Å². The van der Waals surface area contributed by atoms with Gasteiger partial charge in [-0.05, 0) is 42.5 Å². The average Bonchev–Trinajstić information content (AvgIpc) is 2.70. The number of anilines is 2. The molecule has 160 valence electrons. The normalized spacial score (nSPS) is 16.5. The Hall–Kier alpha value is -2.42. The largest absolute Gasteiger partial charge is 0.376 e. The maximum atomic E-state index is 14.0. The van der Waals surface area contributed by atoms with Crippen molar-refractivity contribution in [2.75, 3.05) is 23.3 Å². The predicted molar refractivity (Wildman–Crippen MR) is 112 cm³/mol. The molecule has 2 aromatic rings. The Morgan fingerprint density at radius 2 is 1.90 bits per heavy atom. The van der Waals surface area contributed by atoms with Crippen molar-refractivity contribution in [3.63, 3.8) is 0 Å². The van der Waals surface area contributed by atoms with E-state index in [1.54, 1.807) is 12.1 Å². The number of nitrogens with one attached hydrogen (secondary N) is 2. The summed E-state index contributed by atoms with van der Waals surface area (Å²) < 4.78 is 27.2. The van der Waals surface area contributed by atoms with Crippen molar-refractivity contribution in [2.24, 2.45) is 11.8 Å². The molecule has 0 aliphatic carbocycles. The van der Waals surface area contributed by atoms with Crippen LogP contribution in [-0.2, 0) is 16.0 Å². The Morgan fingerprint density at radius 3 is 2.53 bits per heavy atom. The van der Waals surface area contributed by atoms with Gasteiger partial charge in [-0.3, -0.25) is 15.0 Å². The first-order chi connectivity index (χ1) is 14.3. The van der Waals surface area contributed by atoms with Gasteiger partial charge in [0.2, 0.25) is 5.91 Å². The van der Waals surface area contributed by atoms with E-state index < -0.39 is 17.5 Å². The second kappa shape index (κ2) is 9.59. The number of piperidine rings is 1. The number of nitrogens with two attached hydrogens (primary N) is 1. The molecule has 1 aliphatic heterocycles. The number of nitrogens with zero attached hydrogens (tertiary/aromatic N) is 1. The van der Waals surface area contributed by atoms with Gasteiger partial charge in [0.1, 0.15) is 11.6 Å². The van der Waals surface area contributed by atoms with Crippen molar-refractivity contribution in [2.45, 2.75) is 19.3 Å². The van der Waals surface area contributed by atoms with E-state index in [4.69, 9.17) is 29.0 Å². The highest BCUT2D eigenvalue weighted by Crippen LogP contribution is 2.39. The number of carbonyl (C=O) groups excluding carboxylic acids is 2. The molecule has 0 spiro atoms. The molecular weight excluding hydrogens is 437 g/mol. The number of amides is 2. The molecule has 30 heavy (non-hydrogen) atoms. The number of benzene rings is 2. The van der Waals surface area contributed by atoms with Crippen LogP contribution in [0.25, 0.3) is 0 Å². The minimum Gasteiger partial charge on any atom is -0.376 e. The fraction of sp³-hybridized carbons (Fsp3) is 0.300. The first-order valence-corrected chi connectivity index (χ1v) is 10.0. The second-order valence-electron chi connectivity index (χ2n) is 7.06. The molecule has 1 aliphatic rings. The van der Waals surface area contributed by atoms with Crippen molar-refractivity contribution < 1.29 is 18.4 Å². The molecule has 1 fully saturated rings. The van der Waals surface area contributed by atoms with Crippen molar-refractivity contribution in [1.29, 1.82) is 0 Å². The van der Waals surface area contributed by atoms with Gasteiger partial charge in [0.25, 0.3) is 5.91 Å². The van der Waals surface area contributed by atoms with Gasteiger partial charge in [0.05, 0.1) is 22.3 Å². The highest BCUT2D eigenvalue weighted by atomic mass is 35.5. The average molecular weight is 457 g/mol. The lowest BCUT2D eigenvalue weighted by Crippen LogP contribution is -2.41. The van der Waals surface area contributed by atoms with E-state index in [0.717, 1.165) is 6.07 Å². The molecule has 6 nitrogen and oxygen atoms in total. The zero-order valence-corrected chi connectivity index (χ0v) is 17.4. The van der Waals surface area contributed by atoms with Gasteiger partial charge in [0.15, 0.2) is 0 Å². The molecule has 0 bridgehead atoms. The van der Waals surface area contributed by atoms with Crippen LogP contribution in [0.5, 0.6) is 0 Å². The fourth-order valence-corrected chi connectivity index (χ4v) is 4.14. The number of halogens is 4. The summed E-state index contributed by atoms with van der Waals surface area (Å²) in [5.41, 5.74) is 3.25. The van der Waals surface area contributed by atoms with E-state index in [2.05, 4.69) is 5.32 Å². The number of hydrogen-bond acceptors (Lipinski definition) is 4. The first-order valence-electron chi connectivity index (χ1n) is 9.25. The topological polar surface area (TPSA) is 87.5 Å². The van der Waals surface area contributed by atoms with Gasteiger partial charge in [0, 0.05) is 24.7 Å². The van der Waals surface area contributed by atoms with Crippen LogP contribution in [0.15, 0.2) is 30.3 Å². The molecule has 1 atom stereocenters. The highest BCUT2D eigenvalue weighted by Gasteiger charge is 2.30. The Balaban J connectivity index is 1.78.